The van der Waals surface area contributed by atoms with Crippen molar-refractivity contribution in [3.63, 3.8) is 0 Å². The Morgan fingerprint density at radius 2 is 1.71 bits per heavy atom. The average Bonchev–Trinajstić information content (AvgIpc) is 2.65. The largest absolute Gasteiger partial charge is 0.482 e. The molecule has 1 unspecified atom stereocenters. The predicted octanol–water partition coefficient (Wildman–Crippen LogP) is 3.97. The first-order chi connectivity index (χ1) is 13.3. The van der Waals surface area contributed by atoms with Crippen molar-refractivity contribution in [3.05, 3.63) is 64.7 Å². The van der Waals surface area contributed by atoms with Crippen LogP contribution in [-0.4, -0.2) is 35.4 Å². The van der Waals surface area contributed by atoms with Gasteiger partial charge in [-0.05, 0) is 45.4 Å². The topological polar surface area (TPSA) is 58.6 Å². The Morgan fingerprint density at radius 1 is 1.07 bits per heavy atom. The standard InChI is InChI=1S/C22H27ClN2O3/c1-15(2)24-22(27)17(4)25(13-18-11-9-16(3)10-12-18)21(26)14-28-20-8-6-5-7-19(20)23/h5-12,15,17H,13-14H2,1-4H3,(H,24,27). The van der Waals surface area contributed by atoms with Crippen molar-refractivity contribution >= 4 is 23.4 Å². The molecule has 0 fully saturated rings. The van der Waals surface area contributed by atoms with Crippen LogP contribution in [0.2, 0.25) is 5.02 Å². The average molecular weight is 403 g/mol. The van der Waals surface area contributed by atoms with E-state index < -0.39 is 6.04 Å². The summed E-state index contributed by atoms with van der Waals surface area (Å²) in [5.74, 6) is -0.0489. The molecule has 1 N–H and O–H groups in total. The molecule has 0 heterocycles. The van der Waals surface area contributed by atoms with Gasteiger partial charge in [0, 0.05) is 12.6 Å². The third-order valence-electron chi connectivity index (χ3n) is 4.26. The van der Waals surface area contributed by atoms with Crippen molar-refractivity contribution in [3.8, 4) is 5.75 Å². The summed E-state index contributed by atoms with van der Waals surface area (Å²) in [5, 5.41) is 3.30. The maximum atomic E-state index is 12.9. The number of nitrogens with zero attached hydrogens (tertiary/aromatic N) is 1. The van der Waals surface area contributed by atoms with Gasteiger partial charge in [0.15, 0.2) is 6.61 Å². The fraction of sp³-hybridized carbons (Fsp3) is 0.364. The molecule has 150 valence electrons. The molecule has 0 saturated heterocycles. The SMILES string of the molecule is Cc1ccc(CN(C(=O)COc2ccccc2Cl)C(C)C(=O)NC(C)C)cc1. The lowest BCUT2D eigenvalue weighted by Gasteiger charge is -2.29. The van der Waals surface area contributed by atoms with E-state index in [1.165, 1.54) is 4.90 Å². The van der Waals surface area contributed by atoms with E-state index in [2.05, 4.69) is 5.32 Å². The van der Waals surface area contributed by atoms with Crippen LogP contribution in [0, 0.1) is 6.92 Å². The summed E-state index contributed by atoms with van der Waals surface area (Å²) in [6.45, 7) is 7.61. The molecule has 28 heavy (non-hydrogen) atoms. The first kappa shape index (κ1) is 21.8. The Balaban J connectivity index is 2.15. The van der Waals surface area contributed by atoms with E-state index in [1.807, 2.05) is 45.0 Å². The first-order valence-electron chi connectivity index (χ1n) is 9.30. The number of rotatable bonds is 8. The molecule has 2 aromatic carbocycles. The van der Waals surface area contributed by atoms with E-state index in [0.717, 1.165) is 11.1 Å². The Hall–Kier alpha value is -2.53. The second kappa shape index (κ2) is 10.1. The van der Waals surface area contributed by atoms with Gasteiger partial charge in [-0.1, -0.05) is 53.6 Å². The molecule has 0 saturated carbocycles. The fourth-order valence-electron chi connectivity index (χ4n) is 2.66. The van der Waals surface area contributed by atoms with E-state index in [1.54, 1.807) is 31.2 Å². The molecule has 0 spiro atoms. The molecule has 2 aromatic rings. The molecule has 0 bridgehead atoms. The molecular formula is C22H27ClN2O3. The van der Waals surface area contributed by atoms with Gasteiger partial charge in [-0.25, -0.2) is 0 Å². The molecule has 0 aliphatic carbocycles. The molecule has 0 radical (unpaired) electrons. The number of ether oxygens (including phenoxy) is 1. The number of hydrogen-bond donors (Lipinski definition) is 1. The normalized spacial score (nSPS) is 11.8. The lowest BCUT2D eigenvalue weighted by molar-refractivity contribution is -0.142. The van der Waals surface area contributed by atoms with Gasteiger partial charge in [0.05, 0.1) is 5.02 Å². The van der Waals surface area contributed by atoms with Crippen LogP contribution in [0.3, 0.4) is 0 Å². The van der Waals surface area contributed by atoms with Crippen LogP contribution >= 0.6 is 11.6 Å². The second-order valence-corrected chi connectivity index (χ2v) is 7.47. The maximum absolute atomic E-state index is 12.9. The summed E-state index contributed by atoms with van der Waals surface area (Å²) in [6.07, 6.45) is 0. The third-order valence-corrected chi connectivity index (χ3v) is 4.57. The summed E-state index contributed by atoms with van der Waals surface area (Å²) in [6, 6.07) is 14.2. The Kier molecular flexibility index (Phi) is 7.88. The molecule has 1 atom stereocenters. The number of nitrogens with one attached hydrogen (secondary N) is 1. The van der Waals surface area contributed by atoms with Crippen LogP contribution < -0.4 is 10.1 Å². The fourth-order valence-corrected chi connectivity index (χ4v) is 2.85. The van der Waals surface area contributed by atoms with E-state index in [4.69, 9.17) is 16.3 Å². The number of para-hydroxylation sites is 1. The molecule has 5 nitrogen and oxygen atoms in total. The molecule has 0 aliphatic rings. The van der Waals surface area contributed by atoms with Gasteiger partial charge < -0.3 is 15.0 Å². The summed E-state index contributed by atoms with van der Waals surface area (Å²) in [5.41, 5.74) is 2.08. The Bertz CT molecular complexity index is 806. The number of benzene rings is 2. The molecule has 0 aliphatic heterocycles. The van der Waals surface area contributed by atoms with E-state index in [-0.39, 0.29) is 24.5 Å². The zero-order valence-corrected chi connectivity index (χ0v) is 17.5. The lowest BCUT2D eigenvalue weighted by atomic mass is 10.1. The highest BCUT2D eigenvalue weighted by atomic mass is 35.5. The van der Waals surface area contributed by atoms with Gasteiger partial charge in [0.2, 0.25) is 5.91 Å². The lowest BCUT2D eigenvalue weighted by Crippen LogP contribution is -2.50. The van der Waals surface area contributed by atoms with E-state index in [0.29, 0.717) is 17.3 Å². The van der Waals surface area contributed by atoms with Gasteiger partial charge in [-0.3, -0.25) is 9.59 Å². The summed E-state index contributed by atoms with van der Waals surface area (Å²) in [7, 11) is 0. The highest BCUT2D eigenvalue weighted by molar-refractivity contribution is 6.32. The van der Waals surface area contributed by atoms with Crippen LogP contribution in [0.15, 0.2) is 48.5 Å². The van der Waals surface area contributed by atoms with Gasteiger partial charge >= 0.3 is 0 Å². The molecule has 0 aromatic heterocycles. The minimum Gasteiger partial charge on any atom is -0.482 e. The molecule has 2 rings (SSSR count). The number of carbonyl (C=O) groups excluding carboxylic acids is 2. The van der Waals surface area contributed by atoms with Crippen molar-refractivity contribution < 1.29 is 14.3 Å². The molecule has 2 amide bonds. The highest BCUT2D eigenvalue weighted by Crippen LogP contribution is 2.23. The van der Waals surface area contributed by atoms with E-state index in [9.17, 15) is 9.59 Å². The van der Waals surface area contributed by atoms with Crippen molar-refractivity contribution in [2.24, 2.45) is 0 Å². The number of carbonyl (C=O) groups is 2. The van der Waals surface area contributed by atoms with E-state index >= 15 is 0 Å². The van der Waals surface area contributed by atoms with Crippen molar-refractivity contribution in [2.45, 2.75) is 46.3 Å². The minimum absolute atomic E-state index is 0.00866. The Morgan fingerprint density at radius 3 is 2.32 bits per heavy atom. The summed E-state index contributed by atoms with van der Waals surface area (Å²) < 4.78 is 5.59. The smallest absolute Gasteiger partial charge is 0.261 e. The number of hydrogen-bond acceptors (Lipinski definition) is 3. The van der Waals surface area contributed by atoms with Crippen LogP contribution in [0.4, 0.5) is 0 Å². The zero-order valence-electron chi connectivity index (χ0n) is 16.7. The van der Waals surface area contributed by atoms with Gasteiger partial charge in [0.1, 0.15) is 11.8 Å². The van der Waals surface area contributed by atoms with Gasteiger partial charge in [0.25, 0.3) is 5.91 Å². The van der Waals surface area contributed by atoms with Crippen LogP contribution in [0.25, 0.3) is 0 Å². The van der Waals surface area contributed by atoms with Crippen molar-refractivity contribution in [1.82, 2.24) is 10.2 Å². The van der Waals surface area contributed by atoms with Crippen LogP contribution in [-0.2, 0) is 16.1 Å². The van der Waals surface area contributed by atoms with Crippen LogP contribution in [0.1, 0.15) is 31.9 Å². The zero-order chi connectivity index (χ0) is 20.7. The van der Waals surface area contributed by atoms with Gasteiger partial charge in [-0.2, -0.15) is 0 Å². The number of aryl methyl sites for hydroxylation is 1. The van der Waals surface area contributed by atoms with Crippen LogP contribution in [0.5, 0.6) is 5.75 Å². The monoisotopic (exact) mass is 402 g/mol. The Labute approximate surface area is 171 Å². The number of halogens is 1. The van der Waals surface area contributed by atoms with Crippen molar-refractivity contribution in [1.29, 1.82) is 0 Å². The molecule has 6 heteroatoms. The van der Waals surface area contributed by atoms with Crippen molar-refractivity contribution in [2.75, 3.05) is 6.61 Å². The molecular weight excluding hydrogens is 376 g/mol. The predicted molar refractivity (Wildman–Crippen MR) is 111 cm³/mol. The third kappa shape index (κ3) is 6.27. The summed E-state index contributed by atoms with van der Waals surface area (Å²) >= 11 is 6.09. The quantitative estimate of drug-likeness (QED) is 0.726. The second-order valence-electron chi connectivity index (χ2n) is 7.07. The minimum atomic E-state index is -0.633. The first-order valence-corrected chi connectivity index (χ1v) is 9.68. The number of amides is 2. The van der Waals surface area contributed by atoms with Gasteiger partial charge in [-0.15, -0.1) is 0 Å². The summed E-state index contributed by atoms with van der Waals surface area (Å²) in [4.78, 5) is 26.9. The maximum Gasteiger partial charge on any atom is 0.261 e. The highest BCUT2D eigenvalue weighted by Gasteiger charge is 2.27.